The van der Waals surface area contributed by atoms with Crippen LogP contribution in [0.4, 0.5) is 0 Å². The molecule has 1 saturated heterocycles. The van der Waals surface area contributed by atoms with Crippen LogP contribution >= 0.6 is 0 Å². The lowest BCUT2D eigenvalue weighted by molar-refractivity contribution is 0.128. The third-order valence-corrected chi connectivity index (χ3v) is 4.47. The van der Waals surface area contributed by atoms with E-state index >= 15 is 0 Å². The summed E-state index contributed by atoms with van der Waals surface area (Å²) in [6, 6.07) is 1.57. The Bertz CT molecular complexity index is 205. The standard InChI is InChI=1S/C14H28N2/c1-3-13-6-4-7-14(10-13)16-9-5-8-15-12(2)11-16/h12-15H,3-11H2,1-2H3. The van der Waals surface area contributed by atoms with Crippen LogP contribution in [-0.4, -0.2) is 36.6 Å². The first-order valence-electron chi connectivity index (χ1n) is 7.27. The summed E-state index contributed by atoms with van der Waals surface area (Å²) in [4.78, 5) is 2.77. The van der Waals surface area contributed by atoms with Gasteiger partial charge in [0.2, 0.25) is 0 Å². The van der Waals surface area contributed by atoms with Crippen molar-refractivity contribution in [1.29, 1.82) is 0 Å². The molecule has 0 aromatic carbocycles. The van der Waals surface area contributed by atoms with Crippen molar-refractivity contribution >= 4 is 0 Å². The largest absolute Gasteiger partial charge is 0.313 e. The van der Waals surface area contributed by atoms with Crippen LogP contribution in [-0.2, 0) is 0 Å². The fraction of sp³-hybridized carbons (Fsp3) is 1.00. The van der Waals surface area contributed by atoms with Gasteiger partial charge in [0, 0.05) is 18.6 Å². The molecule has 2 rings (SSSR count). The van der Waals surface area contributed by atoms with Crippen molar-refractivity contribution in [3.05, 3.63) is 0 Å². The maximum atomic E-state index is 3.60. The lowest BCUT2D eigenvalue weighted by Gasteiger charge is -2.37. The van der Waals surface area contributed by atoms with Gasteiger partial charge in [0.15, 0.2) is 0 Å². The van der Waals surface area contributed by atoms with Crippen LogP contribution in [0.2, 0.25) is 0 Å². The summed E-state index contributed by atoms with van der Waals surface area (Å²) in [7, 11) is 0. The van der Waals surface area contributed by atoms with Crippen molar-refractivity contribution in [2.45, 2.75) is 64.5 Å². The first-order valence-corrected chi connectivity index (χ1v) is 7.27. The van der Waals surface area contributed by atoms with Gasteiger partial charge in [0.25, 0.3) is 0 Å². The molecule has 0 bridgehead atoms. The van der Waals surface area contributed by atoms with Gasteiger partial charge in [-0.1, -0.05) is 26.2 Å². The molecule has 0 aromatic rings. The number of nitrogens with one attached hydrogen (secondary N) is 1. The Hall–Kier alpha value is -0.0800. The SMILES string of the molecule is CCC1CCCC(N2CCCNC(C)C2)C1. The van der Waals surface area contributed by atoms with Crippen molar-refractivity contribution < 1.29 is 0 Å². The Labute approximate surface area is 101 Å². The van der Waals surface area contributed by atoms with Gasteiger partial charge < -0.3 is 5.32 Å². The molecule has 1 N–H and O–H groups in total. The van der Waals surface area contributed by atoms with Crippen molar-refractivity contribution in [1.82, 2.24) is 10.2 Å². The molecule has 2 heteroatoms. The van der Waals surface area contributed by atoms with Crippen molar-refractivity contribution in [3.8, 4) is 0 Å². The average molecular weight is 224 g/mol. The lowest BCUT2D eigenvalue weighted by atomic mass is 9.83. The zero-order valence-electron chi connectivity index (χ0n) is 11.0. The third kappa shape index (κ3) is 3.21. The molecule has 3 atom stereocenters. The summed E-state index contributed by atoms with van der Waals surface area (Å²) in [5, 5.41) is 3.60. The third-order valence-electron chi connectivity index (χ3n) is 4.47. The average Bonchev–Trinajstić information content (AvgIpc) is 2.54. The number of rotatable bonds is 2. The highest BCUT2D eigenvalue weighted by Gasteiger charge is 2.27. The van der Waals surface area contributed by atoms with Gasteiger partial charge in [-0.2, -0.15) is 0 Å². The maximum Gasteiger partial charge on any atom is 0.0166 e. The fourth-order valence-electron chi connectivity index (χ4n) is 3.43. The minimum absolute atomic E-state index is 0.685. The Balaban J connectivity index is 1.89. The fourth-order valence-corrected chi connectivity index (χ4v) is 3.43. The number of hydrogen-bond acceptors (Lipinski definition) is 2. The molecule has 1 aliphatic carbocycles. The Morgan fingerprint density at radius 2 is 2.12 bits per heavy atom. The van der Waals surface area contributed by atoms with Crippen LogP contribution in [0.25, 0.3) is 0 Å². The second-order valence-corrected chi connectivity index (χ2v) is 5.80. The second-order valence-electron chi connectivity index (χ2n) is 5.80. The summed E-state index contributed by atoms with van der Waals surface area (Å²) >= 11 is 0. The molecule has 1 aliphatic heterocycles. The minimum Gasteiger partial charge on any atom is -0.313 e. The van der Waals surface area contributed by atoms with Crippen molar-refractivity contribution in [2.24, 2.45) is 5.92 Å². The zero-order chi connectivity index (χ0) is 11.4. The molecule has 2 aliphatic rings. The highest BCUT2D eigenvalue weighted by molar-refractivity contribution is 4.83. The first-order chi connectivity index (χ1) is 7.79. The molecule has 0 spiro atoms. The molecule has 0 amide bonds. The van der Waals surface area contributed by atoms with E-state index in [-0.39, 0.29) is 0 Å². The Morgan fingerprint density at radius 1 is 1.25 bits per heavy atom. The molecule has 2 nitrogen and oxygen atoms in total. The van der Waals surface area contributed by atoms with Crippen LogP contribution in [0.5, 0.6) is 0 Å². The van der Waals surface area contributed by atoms with E-state index in [4.69, 9.17) is 0 Å². The topological polar surface area (TPSA) is 15.3 Å². The molecule has 16 heavy (non-hydrogen) atoms. The number of nitrogens with zero attached hydrogens (tertiary/aromatic N) is 1. The van der Waals surface area contributed by atoms with Crippen LogP contribution in [0.15, 0.2) is 0 Å². The predicted octanol–water partition coefficient (Wildman–Crippen LogP) is 2.64. The van der Waals surface area contributed by atoms with E-state index in [0.717, 1.165) is 12.0 Å². The summed E-state index contributed by atoms with van der Waals surface area (Å²) < 4.78 is 0. The van der Waals surface area contributed by atoms with Crippen LogP contribution < -0.4 is 5.32 Å². The molecule has 2 fully saturated rings. The highest BCUT2D eigenvalue weighted by atomic mass is 15.2. The summed E-state index contributed by atoms with van der Waals surface area (Å²) in [6.45, 7) is 8.49. The quantitative estimate of drug-likeness (QED) is 0.776. The van der Waals surface area contributed by atoms with Gasteiger partial charge in [-0.05, 0) is 45.2 Å². The van der Waals surface area contributed by atoms with Gasteiger partial charge in [-0.3, -0.25) is 4.90 Å². The van der Waals surface area contributed by atoms with E-state index in [1.165, 1.54) is 58.2 Å². The number of hydrogen-bond donors (Lipinski definition) is 1. The molecular formula is C14H28N2. The predicted molar refractivity (Wildman–Crippen MR) is 69.7 cm³/mol. The van der Waals surface area contributed by atoms with Crippen LogP contribution in [0, 0.1) is 5.92 Å². The smallest absolute Gasteiger partial charge is 0.0166 e. The normalized spacial score (nSPS) is 38.2. The first kappa shape index (κ1) is 12.4. The Kier molecular flexibility index (Phi) is 4.66. The maximum absolute atomic E-state index is 3.60. The second kappa shape index (κ2) is 6.02. The van der Waals surface area contributed by atoms with E-state index in [9.17, 15) is 0 Å². The van der Waals surface area contributed by atoms with E-state index in [2.05, 4.69) is 24.1 Å². The highest BCUT2D eigenvalue weighted by Crippen LogP contribution is 2.30. The molecule has 0 radical (unpaired) electrons. The van der Waals surface area contributed by atoms with Crippen molar-refractivity contribution in [2.75, 3.05) is 19.6 Å². The molecule has 94 valence electrons. The van der Waals surface area contributed by atoms with Gasteiger partial charge >= 0.3 is 0 Å². The molecule has 0 aromatic heterocycles. The van der Waals surface area contributed by atoms with Crippen LogP contribution in [0.3, 0.4) is 0 Å². The summed E-state index contributed by atoms with van der Waals surface area (Å²) in [5.74, 6) is 1.00. The lowest BCUT2D eigenvalue weighted by Crippen LogP contribution is -2.43. The molecule has 3 unspecified atom stereocenters. The van der Waals surface area contributed by atoms with Crippen molar-refractivity contribution in [3.63, 3.8) is 0 Å². The monoisotopic (exact) mass is 224 g/mol. The Morgan fingerprint density at radius 3 is 2.94 bits per heavy atom. The van der Waals surface area contributed by atoms with Gasteiger partial charge in [0.1, 0.15) is 0 Å². The minimum atomic E-state index is 0.685. The van der Waals surface area contributed by atoms with Gasteiger partial charge in [-0.15, -0.1) is 0 Å². The van der Waals surface area contributed by atoms with E-state index in [1.54, 1.807) is 0 Å². The van der Waals surface area contributed by atoms with Crippen LogP contribution in [0.1, 0.15) is 52.4 Å². The van der Waals surface area contributed by atoms with Gasteiger partial charge in [-0.25, -0.2) is 0 Å². The zero-order valence-corrected chi connectivity index (χ0v) is 11.0. The van der Waals surface area contributed by atoms with E-state index in [0.29, 0.717) is 6.04 Å². The van der Waals surface area contributed by atoms with E-state index < -0.39 is 0 Å². The molecule has 1 saturated carbocycles. The molecular weight excluding hydrogens is 196 g/mol. The summed E-state index contributed by atoms with van der Waals surface area (Å²) in [6.07, 6.45) is 8.57. The molecule has 1 heterocycles. The van der Waals surface area contributed by atoms with Gasteiger partial charge in [0.05, 0.1) is 0 Å². The van der Waals surface area contributed by atoms with E-state index in [1.807, 2.05) is 0 Å². The summed E-state index contributed by atoms with van der Waals surface area (Å²) in [5.41, 5.74) is 0.